The van der Waals surface area contributed by atoms with Crippen LogP contribution in [0.5, 0.6) is 0 Å². The van der Waals surface area contributed by atoms with E-state index in [0.717, 1.165) is 10.8 Å². The van der Waals surface area contributed by atoms with Crippen molar-refractivity contribution in [3.05, 3.63) is 72.2 Å². The predicted octanol–water partition coefficient (Wildman–Crippen LogP) is 4.27. The van der Waals surface area contributed by atoms with Gasteiger partial charge in [-0.25, -0.2) is 4.98 Å². The van der Waals surface area contributed by atoms with E-state index >= 15 is 0 Å². The maximum atomic E-state index is 12.9. The summed E-state index contributed by atoms with van der Waals surface area (Å²) >= 11 is 0. The highest BCUT2D eigenvalue weighted by Crippen LogP contribution is 2.29. The molecule has 0 N–H and O–H groups in total. The van der Waals surface area contributed by atoms with E-state index in [-0.39, 0.29) is 11.7 Å². The van der Waals surface area contributed by atoms with Crippen molar-refractivity contribution in [3.63, 3.8) is 0 Å². The number of alkyl halides is 3. The molecule has 1 amide bonds. The van der Waals surface area contributed by atoms with Gasteiger partial charge in [-0.15, -0.1) is 0 Å². The summed E-state index contributed by atoms with van der Waals surface area (Å²) in [5.74, 6) is -0.918. The molecule has 0 radical (unpaired) electrons. The summed E-state index contributed by atoms with van der Waals surface area (Å²) in [5.41, 5.74) is 0.978. The van der Waals surface area contributed by atoms with E-state index < -0.39 is 12.1 Å². The third-order valence-electron chi connectivity index (χ3n) is 5.56. The first kappa shape index (κ1) is 20.9. The highest BCUT2D eigenvalue weighted by atomic mass is 19.4. The average molecular weight is 453 g/mol. The van der Waals surface area contributed by atoms with E-state index in [0.29, 0.717) is 43.1 Å². The molecule has 1 saturated heterocycles. The maximum absolute atomic E-state index is 12.9. The van der Waals surface area contributed by atoms with E-state index in [1.165, 1.54) is 6.20 Å². The molecule has 0 atom stereocenters. The Morgan fingerprint density at radius 2 is 1.70 bits per heavy atom. The van der Waals surface area contributed by atoms with Crippen LogP contribution in [0, 0.1) is 0 Å². The molecule has 1 fully saturated rings. The number of piperazine rings is 1. The van der Waals surface area contributed by atoms with Crippen molar-refractivity contribution in [2.75, 3.05) is 31.1 Å². The second-order valence-corrected chi connectivity index (χ2v) is 7.67. The summed E-state index contributed by atoms with van der Waals surface area (Å²) in [5, 5.41) is 5.48. The monoisotopic (exact) mass is 453 g/mol. The van der Waals surface area contributed by atoms with Crippen molar-refractivity contribution in [2.24, 2.45) is 0 Å². The van der Waals surface area contributed by atoms with Crippen molar-refractivity contribution in [2.45, 2.75) is 6.18 Å². The van der Waals surface area contributed by atoms with Crippen molar-refractivity contribution < 1.29 is 22.5 Å². The number of benzene rings is 2. The van der Waals surface area contributed by atoms with Gasteiger partial charge in [0.2, 0.25) is 5.82 Å². The molecule has 0 spiro atoms. The molecule has 33 heavy (non-hydrogen) atoms. The lowest BCUT2D eigenvalue weighted by Gasteiger charge is -2.35. The lowest BCUT2D eigenvalue weighted by Crippen LogP contribution is -2.49. The molecular weight excluding hydrogens is 435 g/mol. The fourth-order valence-corrected chi connectivity index (χ4v) is 3.80. The molecule has 2 aromatic carbocycles. The highest BCUT2D eigenvalue weighted by Gasteiger charge is 2.38. The molecule has 168 valence electrons. The van der Waals surface area contributed by atoms with Gasteiger partial charge in [-0.1, -0.05) is 35.5 Å². The van der Waals surface area contributed by atoms with Gasteiger partial charge in [0, 0.05) is 43.5 Å². The third-order valence-corrected chi connectivity index (χ3v) is 5.56. The second-order valence-electron chi connectivity index (χ2n) is 7.67. The number of aromatic nitrogens is 3. The number of carbonyl (C=O) groups excluding carboxylic acids is 1. The second kappa shape index (κ2) is 8.19. The molecule has 0 unspecified atom stereocenters. The number of hydrogen-bond acceptors (Lipinski definition) is 6. The van der Waals surface area contributed by atoms with Gasteiger partial charge in [0.25, 0.3) is 5.91 Å². The van der Waals surface area contributed by atoms with Gasteiger partial charge in [0.05, 0.1) is 0 Å². The van der Waals surface area contributed by atoms with Crippen molar-refractivity contribution in [1.82, 2.24) is 20.0 Å². The number of rotatable bonds is 3. The topological polar surface area (TPSA) is 75.4 Å². The number of fused-ring (bicyclic) bond motifs is 1. The first-order chi connectivity index (χ1) is 15.9. The zero-order valence-corrected chi connectivity index (χ0v) is 17.3. The van der Waals surface area contributed by atoms with Crippen LogP contribution in [-0.4, -0.2) is 52.1 Å². The minimum absolute atomic E-state index is 0.0127. The Morgan fingerprint density at radius 3 is 2.36 bits per heavy atom. The Kier molecular flexibility index (Phi) is 5.20. The summed E-state index contributed by atoms with van der Waals surface area (Å²) in [7, 11) is 0. The summed E-state index contributed by atoms with van der Waals surface area (Å²) in [4.78, 5) is 24.5. The van der Waals surface area contributed by atoms with E-state index in [2.05, 4.69) is 19.6 Å². The van der Waals surface area contributed by atoms with Crippen LogP contribution >= 0.6 is 0 Å². The largest absolute Gasteiger partial charge is 0.471 e. The van der Waals surface area contributed by atoms with Gasteiger partial charge >= 0.3 is 12.1 Å². The fourth-order valence-electron chi connectivity index (χ4n) is 3.80. The van der Waals surface area contributed by atoms with Crippen LogP contribution in [0.3, 0.4) is 0 Å². The Balaban J connectivity index is 1.23. The van der Waals surface area contributed by atoms with Crippen LogP contribution in [0.2, 0.25) is 0 Å². The van der Waals surface area contributed by atoms with Gasteiger partial charge in [-0.2, -0.15) is 18.2 Å². The molecular formula is C23H18F3N5O2. The van der Waals surface area contributed by atoms with E-state index in [9.17, 15) is 18.0 Å². The summed E-state index contributed by atoms with van der Waals surface area (Å²) < 4.78 is 42.2. The summed E-state index contributed by atoms with van der Waals surface area (Å²) in [6.07, 6.45) is -3.28. The van der Waals surface area contributed by atoms with Crippen LogP contribution in [-0.2, 0) is 6.18 Å². The molecule has 0 bridgehead atoms. The predicted molar refractivity (Wildman–Crippen MR) is 115 cm³/mol. The SMILES string of the molecule is O=C(c1ccc2ccccc2c1)N1CCN(c2ccc(-c3noc(C(F)(F)F)n3)cn2)CC1. The first-order valence-electron chi connectivity index (χ1n) is 10.3. The molecule has 1 aliphatic heterocycles. The van der Waals surface area contributed by atoms with Crippen LogP contribution in [0.15, 0.2) is 65.3 Å². The summed E-state index contributed by atoms with van der Waals surface area (Å²) in [6, 6.07) is 16.9. The van der Waals surface area contributed by atoms with E-state index in [1.54, 1.807) is 12.1 Å². The normalized spacial score (nSPS) is 14.6. The van der Waals surface area contributed by atoms with Crippen molar-refractivity contribution in [1.29, 1.82) is 0 Å². The Morgan fingerprint density at radius 1 is 0.939 bits per heavy atom. The van der Waals surface area contributed by atoms with Gasteiger partial charge < -0.3 is 14.3 Å². The minimum Gasteiger partial charge on any atom is -0.353 e. The van der Waals surface area contributed by atoms with Crippen LogP contribution < -0.4 is 4.90 Å². The molecule has 2 aromatic heterocycles. The van der Waals surface area contributed by atoms with E-state index in [4.69, 9.17) is 0 Å². The lowest BCUT2D eigenvalue weighted by atomic mass is 10.1. The molecule has 7 nitrogen and oxygen atoms in total. The molecule has 3 heterocycles. The number of carbonyl (C=O) groups is 1. The van der Waals surface area contributed by atoms with Crippen LogP contribution in [0.1, 0.15) is 16.2 Å². The number of amides is 1. The standard InChI is InChI=1S/C23H18F3N5O2/c24-23(25,26)22-28-20(29-33-22)18-7-8-19(27-14-18)30-9-11-31(12-10-30)21(32)17-6-5-15-3-1-2-4-16(15)13-17/h1-8,13-14H,9-12H2. The number of halogens is 3. The minimum atomic E-state index is -4.69. The molecule has 10 heteroatoms. The van der Waals surface area contributed by atoms with Crippen LogP contribution in [0.25, 0.3) is 22.2 Å². The molecule has 5 rings (SSSR count). The lowest BCUT2D eigenvalue weighted by molar-refractivity contribution is -0.159. The Labute approximate surface area is 186 Å². The molecule has 1 aliphatic rings. The highest BCUT2D eigenvalue weighted by molar-refractivity contribution is 5.98. The van der Waals surface area contributed by atoms with Crippen LogP contribution in [0.4, 0.5) is 19.0 Å². The van der Waals surface area contributed by atoms with Gasteiger partial charge in [0.15, 0.2) is 0 Å². The van der Waals surface area contributed by atoms with E-state index in [1.807, 2.05) is 52.3 Å². The average Bonchev–Trinajstić information content (AvgIpc) is 3.35. The quantitative estimate of drug-likeness (QED) is 0.461. The van der Waals surface area contributed by atoms with Gasteiger partial charge in [-0.05, 0) is 35.0 Å². The number of anilines is 1. The summed E-state index contributed by atoms with van der Waals surface area (Å²) in [6.45, 7) is 2.25. The maximum Gasteiger partial charge on any atom is 0.471 e. The van der Waals surface area contributed by atoms with Crippen molar-refractivity contribution >= 4 is 22.5 Å². The number of pyridine rings is 1. The molecule has 0 saturated carbocycles. The first-order valence-corrected chi connectivity index (χ1v) is 10.3. The van der Waals surface area contributed by atoms with Gasteiger partial charge in [0.1, 0.15) is 5.82 Å². The Bertz CT molecular complexity index is 1300. The zero-order valence-electron chi connectivity index (χ0n) is 17.3. The Hall–Kier alpha value is -3.95. The molecule has 0 aliphatic carbocycles. The fraction of sp³-hybridized carbons (Fsp3) is 0.217. The van der Waals surface area contributed by atoms with Gasteiger partial charge in [-0.3, -0.25) is 4.79 Å². The molecule has 4 aromatic rings. The zero-order chi connectivity index (χ0) is 23.0. The number of hydrogen-bond donors (Lipinski definition) is 0. The third kappa shape index (κ3) is 4.23. The number of nitrogens with zero attached hydrogens (tertiary/aromatic N) is 5. The smallest absolute Gasteiger partial charge is 0.353 e. The van der Waals surface area contributed by atoms with Crippen molar-refractivity contribution in [3.8, 4) is 11.4 Å².